The fourth-order valence-corrected chi connectivity index (χ4v) is 3.14. The molecule has 0 spiro atoms. The minimum atomic E-state index is -0.429. The van der Waals surface area contributed by atoms with E-state index in [1.54, 1.807) is 24.3 Å². The van der Waals surface area contributed by atoms with Crippen molar-refractivity contribution in [3.05, 3.63) is 64.6 Å². The van der Waals surface area contributed by atoms with Gasteiger partial charge in [-0.1, -0.05) is 36.4 Å². The molecule has 27 heavy (non-hydrogen) atoms. The molecule has 0 unspecified atom stereocenters. The summed E-state index contributed by atoms with van der Waals surface area (Å²) in [6.45, 7) is 2.20. The lowest BCUT2D eigenvalue weighted by molar-refractivity contribution is -0.133. The zero-order chi connectivity index (χ0) is 19.2. The Morgan fingerprint density at radius 2 is 1.89 bits per heavy atom. The summed E-state index contributed by atoms with van der Waals surface area (Å²) in [4.78, 5) is 35.4. The third-order valence-electron chi connectivity index (χ3n) is 3.62. The van der Waals surface area contributed by atoms with E-state index in [9.17, 15) is 14.4 Å². The number of esters is 1. The first-order valence-corrected chi connectivity index (χ1v) is 9.13. The van der Waals surface area contributed by atoms with E-state index < -0.39 is 17.1 Å². The first kappa shape index (κ1) is 18.7. The number of amides is 2. The second-order valence-electron chi connectivity index (χ2n) is 5.63. The molecule has 0 aromatic heterocycles. The Bertz CT molecular complexity index is 908. The largest absolute Gasteiger partial charge is 0.490 e. The van der Waals surface area contributed by atoms with Crippen molar-refractivity contribution in [1.29, 1.82) is 0 Å². The van der Waals surface area contributed by atoms with E-state index in [0.717, 1.165) is 17.3 Å². The maximum atomic E-state index is 12.2. The van der Waals surface area contributed by atoms with Gasteiger partial charge in [-0.3, -0.25) is 19.7 Å². The lowest BCUT2D eigenvalue weighted by Gasteiger charge is -2.11. The number of carbonyl (C=O) groups is 3. The highest BCUT2D eigenvalue weighted by Gasteiger charge is 2.25. The van der Waals surface area contributed by atoms with Crippen molar-refractivity contribution in [2.75, 3.05) is 6.61 Å². The van der Waals surface area contributed by atoms with Crippen molar-refractivity contribution in [3.8, 4) is 11.5 Å². The fraction of sp³-hybridized carbons (Fsp3) is 0.150. The molecule has 6 nitrogen and oxygen atoms in total. The Kier molecular flexibility index (Phi) is 5.93. The van der Waals surface area contributed by atoms with E-state index in [0.29, 0.717) is 28.6 Å². The molecule has 0 atom stereocenters. The molecule has 2 amide bonds. The number of carbonyl (C=O) groups excluding carboxylic acids is 3. The van der Waals surface area contributed by atoms with E-state index in [1.165, 1.54) is 0 Å². The van der Waals surface area contributed by atoms with Gasteiger partial charge in [0, 0.05) is 0 Å². The molecule has 3 rings (SSSR count). The lowest BCUT2D eigenvalue weighted by atomic mass is 10.1. The molecule has 0 saturated carbocycles. The van der Waals surface area contributed by atoms with Gasteiger partial charge in [-0.05, 0) is 48.0 Å². The van der Waals surface area contributed by atoms with Gasteiger partial charge in [0.1, 0.15) is 0 Å². The quantitative estimate of drug-likeness (QED) is 0.467. The summed E-state index contributed by atoms with van der Waals surface area (Å²) in [5.74, 6) is -0.131. The van der Waals surface area contributed by atoms with Crippen LogP contribution in [0.2, 0.25) is 0 Å². The highest BCUT2D eigenvalue weighted by molar-refractivity contribution is 8.18. The van der Waals surface area contributed by atoms with E-state index in [4.69, 9.17) is 9.47 Å². The smallest absolute Gasteiger partial charge is 0.315 e. The monoisotopic (exact) mass is 383 g/mol. The SMILES string of the molecule is CCOc1cc(/C=C2\SC(=O)NC2=O)ccc1OC(=O)Cc1ccccc1. The Morgan fingerprint density at radius 3 is 2.56 bits per heavy atom. The summed E-state index contributed by atoms with van der Waals surface area (Å²) in [6.07, 6.45) is 1.74. The molecule has 2 aromatic rings. The third kappa shape index (κ3) is 4.98. The molecule has 1 aliphatic rings. The summed E-state index contributed by atoms with van der Waals surface area (Å²) in [5.41, 5.74) is 1.52. The van der Waals surface area contributed by atoms with Crippen molar-refractivity contribution >= 4 is 35.0 Å². The van der Waals surface area contributed by atoms with Gasteiger partial charge in [-0.2, -0.15) is 0 Å². The molecule has 1 fully saturated rings. The Balaban J connectivity index is 1.77. The van der Waals surface area contributed by atoms with Crippen molar-refractivity contribution in [2.45, 2.75) is 13.3 Å². The first-order valence-electron chi connectivity index (χ1n) is 8.31. The number of imide groups is 1. The van der Waals surface area contributed by atoms with E-state index >= 15 is 0 Å². The Morgan fingerprint density at radius 1 is 1.11 bits per heavy atom. The highest BCUT2D eigenvalue weighted by Crippen LogP contribution is 2.32. The molecular formula is C20H17NO5S. The van der Waals surface area contributed by atoms with Crippen LogP contribution < -0.4 is 14.8 Å². The Hall–Kier alpha value is -3.06. The molecule has 7 heteroatoms. The van der Waals surface area contributed by atoms with Crippen LogP contribution in [0.4, 0.5) is 4.79 Å². The number of rotatable bonds is 6. The van der Waals surface area contributed by atoms with Crippen LogP contribution in [0.3, 0.4) is 0 Å². The summed E-state index contributed by atoms with van der Waals surface area (Å²) in [6, 6.07) is 14.3. The number of nitrogens with one attached hydrogen (secondary N) is 1. The number of hydrogen-bond acceptors (Lipinski definition) is 6. The maximum absolute atomic E-state index is 12.2. The van der Waals surface area contributed by atoms with E-state index in [-0.39, 0.29) is 6.42 Å². The molecular weight excluding hydrogens is 366 g/mol. The average molecular weight is 383 g/mol. The summed E-state index contributed by atoms with van der Waals surface area (Å²) in [7, 11) is 0. The van der Waals surface area contributed by atoms with Gasteiger partial charge in [-0.15, -0.1) is 0 Å². The number of hydrogen-bond donors (Lipinski definition) is 1. The van der Waals surface area contributed by atoms with Gasteiger partial charge >= 0.3 is 5.97 Å². The molecule has 138 valence electrons. The predicted octanol–water partition coefficient (Wildman–Crippen LogP) is 3.56. The van der Waals surface area contributed by atoms with Gasteiger partial charge in [0.2, 0.25) is 0 Å². The number of benzene rings is 2. The summed E-state index contributed by atoms with van der Waals surface area (Å²) < 4.78 is 11.0. The maximum Gasteiger partial charge on any atom is 0.315 e. The second-order valence-corrected chi connectivity index (χ2v) is 6.64. The molecule has 0 aliphatic carbocycles. The molecule has 1 saturated heterocycles. The second kappa shape index (κ2) is 8.55. The number of thioether (sulfide) groups is 1. The molecule has 1 aliphatic heterocycles. The molecule has 1 N–H and O–H groups in total. The van der Waals surface area contributed by atoms with E-state index in [1.807, 2.05) is 37.3 Å². The van der Waals surface area contributed by atoms with Gasteiger partial charge < -0.3 is 9.47 Å². The standard InChI is InChI=1S/C20H17NO5S/c1-2-25-16-10-14(11-17-19(23)21-20(24)27-17)8-9-15(16)26-18(22)12-13-6-4-3-5-7-13/h3-11H,2,12H2,1H3,(H,21,23,24)/b17-11-. The first-order chi connectivity index (χ1) is 13.0. The third-order valence-corrected chi connectivity index (χ3v) is 4.43. The van der Waals surface area contributed by atoms with Crippen LogP contribution >= 0.6 is 11.8 Å². The average Bonchev–Trinajstić information content (AvgIpc) is 2.95. The van der Waals surface area contributed by atoms with Crippen LogP contribution in [-0.4, -0.2) is 23.7 Å². The van der Waals surface area contributed by atoms with Crippen LogP contribution in [0, 0.1) is 0 Å². The fourth-order valence-electron chi connectivity index (χ4n) is 2.46. The minimum Gasteiger partial charge on any atom is -0.490 e. The van der Waals surface area contributed by atoms with Gasteiger partial charge in [-0.25, -0.2) is 0 Å². The van der Waals surface area contributed by atoms with Crippen LogP contribution in [0.5, 0.6) is 11.5 Å². The highest BCUT2D eigenvalue weighted by atomic mass is 32.2. The van der Waals surface area contributed by atoms with Crippen molar-refractivity contribution in [3.63, 3.8) is 0 Å². The zero-order valence-electron chi connectivity index (χ0n) is 14.6. The van der Waals surface area contributed by atoms with Crippen LogP contribution in [0.1, 0.15) is 18.1 Å². The molecule has 0 radical (unpaired) electrons. The van der Waals surface area contributed by atoms with Gasteiger partial charge in [0.05, 0.1) is 17.9 Å². The van der Waals surface area contributed by atoms with Crippen LogP contribution in [0.15, 0.2) is 53.4 Å². The summed E-state index contributed by atoms with van der Waals surface area (Å²) in [5, 5.41) is 1.80. The normalized spacial score (nSPS) is 14.9. The zero-order valence-corrected chi connectivity index (χ0v) is 15.4. The van der Waals surface area contributed by atoms with Crippen molar-refractivity contribution in [1.82, 2.24) is 5.32 Å². The van der Waals surface area contributed by atoms with Gasteiger partial charge in [0.15, 0.2) is 11.5 Å². The van der Waals surface area contributed by atoms with Gasteiger partial charge in [0.25, 0.3) is 11.1 Å². The topological polar surface area (TPSA) is 81.7 Å². The van der Waals surface area contributed by atoms with Crippen LogP contribution in [-0.2, 0) is 16.0 Å². The summed E-state index contributed by atoms with van der Waals surface area (Å²) >= 11 is 0.839. The van der Waals surface area contributed by atoms with Crippen molar-refractivity contribution < 1.29 is 23.9 Å². The minimum absolute atomic E-state index is 0.150. The lowest BCUT2D eigenvalue weighted by Crippen LogP contribution is -2.17. The molecule has 0 bridgehead atoms. The number of ether oxygens (including phenoxy) is 2. The van der Waals surface area contributed by atoms with Crippen LogP contribution in [0.25, 0.3) is 6.08 Å². The van der Waals surface area contributed by atoms with E-state index in [2.05, 4.69) is 5.32 Å². The Labute approximate surface area is 160 Å². The predicted molar refractivity (Wildman–Crippen MR) is 102 cm³/mol. The molecule has 1 heterocycles. The van der Waals surface area contributed by atoms with Crippen molar-refractivity contribution in [2.24, 2.45) is 0 Å². The molecule has 2 aromatic carbocycles.